The Bertz CT molecular complexity index is 538. The van der Waals surface area contributed by atoms with Gasteiger partial charge in [-0.2, -0.15) is 0 Å². The first-order chi connectivity index (χ1) is 10.9. The monoisotopic (exact) mass is 316 g/mol. The van der Waals surface area contributed by atoms with Crippen LogP contribution in [0, 0.1) is 11.8 Å². The highest BCUT2D eigenvalue weighted by Crippen LogP contribution is 2.38. The van der Waals surface area contributed by atoms with E-state index in [0.717, 1.165) is 26.1 Å². The summed E-state index contributed by atoms with van der Waals surface area (Å²) in [6.07, 6.45) is 2.01. The molecule has 1 aromatic rings. The van der Waals surface area contributed by atoms with Gasteiger partial charge in [-0.1, -0.05) is 30.3 Å². The van der Waals surface area contributed by atoms with Crippen molar-refractivity contribution in [2.45, 2.75) is 51.8 Å². The summed E-state index contributed by atoms with van der Waals surface area (Å²) in [6, 6.07) is 10.9. The lowest BCUT2D eigenvalue weighted by Crippen LogP contribution is -2.42. The second-order valence-corrected chi connectivity index (χ2v) is 7.93. The summed E-state index contributed by atoms with van der Waals surface area (Å²) in [6.45, 7) is 8.93. The van der Waals surface area contributed by atoms with Gasteiger partial charge in [0.05, 0.1) is 0 Å². The summed E-state index contributed by atoms with van der Waals surface area (Å²) in [5, 5.41) is 3.10. The summed E-state index contributed by atoms with van der Waals surface area (Å²) in [5.41, 5.74) is 0.932. The Balaban J connectivity index is 1.53. The number of hydrogen-bond acceptors (Lipinski definition) is 3. The molecule has 0 bridgehead atoms. The number of rotatable bonds is 3. The van der Waals surface area contributed by atoms with E-state index in [2.05, 4.69) is 40.5 Å². The predicted molar refractivity (Wildman–Crippen MR) is 91.1 cm³/mol. The summed E-state index contributed by atoms with van der Waals surface area (Å²) >= 11 is 0. The number of nitrogens with one attached hydrogen (secondary N) is 1. The van der Waals surface area contributed by atoms with Gasteiger partial charge in [0.15, 0.2) is 0 Å². The average Bonchev–Trinajstić information content (AvgIpc) is 3.00. The predicted octanol–water partition coefficient (Wildman–Crippen LogP) is 3.42. The number of amides is 1. The maximum absolute atomic E-state index is 12.0. The Morgan fingerprint density at radius 2 is 1.96 bits per heavy atom. The van der Waals surface area contributed by atoms with Crippen LogP contribution < -0.4 is 5.32 Å². The van der Waals surface area contributed by atoms with Gasteiger partial charge in [-0.25, -0.2) is 4.79 Å². The molecule has 4 heteroatoms. The average molecular weight is 316 g/mol. The molecule has 4 nitrogen and oxygen atoms in total. The van der Waals surface area contributed by atoms with Gasteiger partial charge < -0.3 is 10.1 Å². The van der Waals surface area contributed by atoms with Crippen molar-refractivity contribution in [2.24, 2.45) is 11.8 Å². The Labute approximate surface area is 139 Å². The van der Waals surface area contributed by atoms with Crippen LogP contribution in [0.15, 0.2) is 30.3 Å². The van der Waals surface area contributed by atoms with E-state index < -0.39 is 5.60 Å². The summed E-state index contributed by atoms with van der Waals surface area (Å²) in [4.78, 5) is 14.6. The van der Waals surface area contributed by atoms with Gasteiger partial charge in [0.2, 0.25) is 0 Å². The number of likely N-dealkylation sites (tertiary alicyclic amines) is 1. The van der Waals surface area contributed by atoms with Crippen LogP contribution in [-0.2, 0) is 11.3 Å². The number of carbonyl (C=O) groups excluding carboxylic acids is 1. The third-order valence-corrected chi connectivity index (χ3v) is 4.88. The van der Waals surface area contributed by atoms with Gasteiger partial charge in [-0.15, -0.1) is 0 Å². The number of carbonyl (C=O) groups is 1. The van der Waals surface area contributed by atoms with E-state index in [1.165, 1.54) is 12.0 Å². The van der Waals surface area contributed by atoms with Crippen molar-refractivity contribution in [3.63, 3.8) is 0 Å². The zero-order chi connectivity index (χ0) is 16.4. The first-order valence-corrected chi connectivity index (χ1v) is 8.66. The van der Waals surface area contributed by atoms with E-state index in [1.54, 1.807) is 0 Å². The van der Waals surface area contributed by atoms with E-state index in [0.29, 0.717) is 11.8 Å². The van der Waals surface area contributed by atoms with Gasteiger partial charge in [-0.3, -0.25) is 4.90 Å². The quantitative estimate of drug-likeness (QED) is 0.929. The molecule has 1 heterocycles. The van der Waals surface area contributed by atoms with E-state index >= 15 is 0 Å². The number of ether oxygens (including phenoxy) is 1. The van der Waals surface area contributed by atoms with Crippen molar-refractivity contribution >= 4 is 6.09 Å². The number of alkyl carbamates (subject to hydrolysis) is 1. The molecule has 1 amide bonds. The number of benzene rings is 1. The Kier molecular flexibility index (Phi) is 4.62. The van der Waals surface area contributed by atoms with Crippen LogP contribution in [0.1, 0.15) is 39.2 Å². The lowest BCUT2D eigenvalue weighted by molar-refractivity contribution is 0.0491. The van der Waals surface area contributed by atoms with Gasteiger partial charge >= 0.3 is 6.09 Å². The van der Waals surface area contributed by atoms with Gasteiger partial charge in [0, 0.05) is 25.7 Å². The minimum Gasteiger partial charge on any atom is -0.444 e. The maximum atomic E-state index is 12.0. The molecule has 2 unspecified atom stereocenters. The third-order valence-electron chi connectivity index (χ3n) is 4.88. The van der Waals surface area contributed by atoms with Gasteiger partial charge in [0.25, 0.3) is 0 Å². The minimum atomic E-state index is -0.433. The van der Waals surface area contributed by atoms with Crippen molar-refractivity contribution < 1.29 is 9.53 Å². The molecule has 2 fully saturated rings. The van der Waals surface area contributed by atoms with Crippen molar-refractivity contribution in [1.29, 1.82) is 0 Å². The summed E-state index contributed by atoms with van der Waals surface area (Å²) in [5.74, 6) is 1.27. The molecule has 0 aromatic heterocycles. The zero-order valence-corrected chi connectivity index (χ0v) is 14.4. The molecular weight excluding hydrogens is 288 g/mol. The van der Waals surface area contributed by atoms with Crippen LogP contribution >= 0.6 is 0 Å². The van der Waals surface area contributed by atoms with E-state index in [-0.39, 0.29) is 12.1 Å². The molecule has 3 rings (SSSR count). The molecular formula is C19H28N2O2. The van der Waals surface area contributed by atoms with Crippen LogP contribution in [0.2, 0.25) is 0 Å². The molecule has 1 saturated heterocycles. The topological polar surface area (TPSA) is 41.6 Å². The van der Waals surface area contributed by atoms with Crippen LogP contribution in [0.5, 0.6) is 0 Å². The highest BCUT2D eigenvalue weighted by atomic mass is 16.6. The molecule has 3 atom stereocenters. The molecule has 0 radical (unpaired) electrons. The fourth-order valence-corrected chi connectivity index (χ4v) is 3.97. The molecule has 1 aliphatic carbocycles. The van der Waals surface area contributed by atoms with E-state index in [4.69, 9.17) is 4.74 Å². The lowest BCUT2D eigenvalue weighted by Gasteiger charge is -2.25. The molecule has 0 spiro atoms. The Morgan fingerprint density at radius 1 is 1.22 bits per heavy atom. The van der Waals surface area contributed by atoms with Crippen LogP contribution in [-0.4, -0.2) is 35.7 Å². The first-order valence-electron chi connectivity index (χ1n) is 8.66. The van der Waals surface area contributed by atoms with Crippen LogP contribution in [0.3, 0.4) is 0 Å². The molecule has 1 aliphatic heterocycles. The Morgan fingerprint density at radius 3 is 2.65 bits per heavy atom. The Hall–Kier alpha value is -1.55. The zero-order valence-electron chi connectivity index (χ0n) is 14.4. The summed E-state index contributed by atoms with van der Waals surface area (Å²) in [7, 11) is 0. The van der Waals surface area contributed by atoms with Gasteiger partial charge in [0.1, 0.15) is 5.60 Å². The smallest absolute Gasteiger partial charge is 0.407 e. The molecule has 23 heavy (non-hydrogen) atoms. The molecule has 126 valence electrons. The fourth-order valence-electron chi connectivity index (χ4n) is 3.97. The molecule has 1 saturated carbocycles. The normalized spacial score (nSPS) is 27.7. The summed E-state index contributed by atoms with van der Waals surface area (Å²) < 4.78 is 5.41. The maximum Gasteiger partial charge on any atom is 0.407 e. The van der Waals surface area contributed by atoms with E-state index in [9.17, 15) is 4.79 Å². The van der Waals surface area contributed by atoms with Crippen molar-refractivity contribution in [1.82, 2.24) is 10.2 Å². The second-order valence-electron chi connectivity index (χ2n) is 7.93. The molecule has 1 aromatic carbocycles. The highest BCUT2D eigenvalue weighted by Gasteiger charge is 2.43. The fraction of sp³-hybridized carbons (Fsp3) is 0.632. The minimum absolute atomic E-state index is 0.260. The molecule has 1 N–H and O–H groups in total. The van der Waals surface area contributed by atoms with Crippen molar-refractivity contribution in [2.75, 3.05) is 13.1 Å². The number of nitrogens with zero attached hydrogens (tertiary/aromatic N) is 1. The largest absolute Gasteiger partial charge is 0.444 e. The lowest BCUT2D eigenvalue weighted by atomic mass is 9.98. The van der Waals surface area contributed by atoms with Crippen molar-refractivity contribution in [3.8, 4) is 0 Å². The van der Waals surface area contributed by atoms with Crippen molar-refractivity contribution in [3.05, 3.63) is 35.9 Å². The first kappa shape index (κ1) is 16.3. The van der Waals surface area contributed by atoms with Crippen LogP contribution in [0.4, 0.5) is 4.79 Å². The second kappa shape index (κ2) is 6.52. The van der Waals surface area contributed by atoms with Gasteiger partial charge in [-0.05, 0) is 51.0 Å². The third kappa shape index (κ3) is 4.25. The number of hydrogen-bond donors (Lipinski definition) is 1. The molecule has 2 aliphatic rings. The van der Waals surface area contributed by atoms with E-state index in [1.807, 2.05) is 20.8 Å². The standard InChI is InChI=1S/C19H28N2O2/c1-19(2,3)23-18(22)20-17-10-9-15-12-21(13-16(15)17)11-14-7-5-4-6-8-14/h4-8,15-17H,9-13H2,1-3H3,(H,20,22)/t15?,16-,17?/m0/s1. The van der Waals surface area contributed by atoms with Crippen LogP contribution in [0.25, 0.3) is 0 Å². The number of fused-ring (bicyclic) bond motifs is 1. The highest BCUT2D eigenvalue weighted by molar-refractivity contribution is 5.68. The SMILES string of the molecule is CC(C)(C)OC(=O)NC1CCC2CN(Cc3ccccc3)C[C@@H]21.